The Balaban J connectivity index is 1.56. The highest BCUT2D eigenvalue weighted by atomic mass is 16.5. The molecule has 0 atom stereocenters. The largest absolute Gasteiger partial charge is 0.361 e. The van der Waals surface area contributed by atoms with E-state index in [1.165, 1.54) is 0 Å². The smallest absolute Gasteiger partial charge is 0.194 e. The number of piperazine rings is 1. The standard InChI is InChI=1S/C20H26N6O/c1-3-22-20(23-14-18-6-4-17(13-21)5-7-18)26-10-8-25(9-11-26)15-19-12-16(2)27-24-19/h4-7,12H,3,8-11,14-15H2,1-2H3,(H,22,23). The second-order valence-electron chi connectivity index (χ2n) is 6.67. The molecule has 142 valence electrons. The van der Waals surface area contributed by atoms with Crippen LogP contribution in [0.2, 0.25) is 0 Å². The Morgan fingerprint density at radius 3 is 2.59 bits per heavy atom. The summed E-state index contributed by atoms with van der Waals surface area (Å²) >= 11 is 0. The van der Waals surface area contributed by atoms with Crippen LogP contribution in [0.1, 0.15) is 29.5 Å². The average molecular weight is 366 g/mol. The number of nitrogens with one attached hydrogen (secondary N) is 1. The van der Waals surface area contributed by atoms with Crippen molar-refractivity contribution in [1.82, 2.24) is 20.3 Å². The number of guanidine groups is 1. The summed E-state index contributed by atoms with van der Waals surface area (Å²) < 4.78 is 5.15. The molecule has 7 nitrogen and oxygen atoms in total. The number of aryl methyl sites for hydroxylation is 1. The van der Waals surface area contributed by atoms with Crippen LogP contribution in [0.4, 0.5) is 0 Å². The van der Waals surface area contributed by atoms with Gasteiger partial charge >= 0.3 is 0 Å². The van der Waals surface area contributed by atoms with Crippen molar-refractivity contribution in [2.45, 2.75) is 26.9 Å². The van der Waals surface area contributed by atoms with E-state index in [-0.39, 0.29) is 0 Å². The number of nitriles is 1. The van der Waals surface area contributed by atoms with E-state index in [0.717, 1.165) is 62.2 Å². The Hall–Kier alpha value is -2.85. The quantitative estimate of drug-likeness (QED) is 0.645. The fourth-order valence-electron chi connectivity index (χ4n) is 3.12. The summed E-state index contributed by atoms with van der Waals surface area (Å²) in [6, 6.07) is 11.7. The molecular weight excluding hydrogens is 340 g/mol. The lowest BCUT2D eigenvalue weighted by atomic mass is 10.1. The maximum absolute atomic E-state index is 8.90. The molecule has 0 spiro atoms. The van der Waals surface area contributed by atoms with Gasteiger partial charge in [-0.05, 0) is 31.5 Å². The molecule has 3 rings (SSSR count). The van der Waals surface area contributed by atoms with Gasteiger partial charge in [-0.1, -0.05) is 17.3 Å². The van der Waals surface area contributed by atoms with E-state index in [0.29, 0.717) is 12.1 Å². The minimum absolute atomic E-state index is 0.604. The van der Waals surface area contributed by atoms with Crippen LogP contribution in [-0.2, 0) is 13.1 Å². The highest BCUT2D eigenvalue weighted by Crippen LogP contribution is 2.10. The third kappa shape index (κ3) is 5.31. The molecule has 1 aliphatic heterocycles. The van der Waals surface area contributed by atoms with Crippen molar-refractivity contribution in [3.05, 3.63) is 52.9 Å². The zero-order valence-electron chi connectivity index (χ0n) is 16.0. The van der Waals surface area contributed by atoms with Crippen LogP contribution in [0.25, 0.3) is 0 Å². The van der Waals surface area contributed by atoms with Gasteiger partial charge in [0.15, 0.2) is 5.96 Å². The van der Waals surface area contributed by atoms with Gasteiger partial charge in [-0.3, -0.25) is 4.90 Å². The molecule has 2 aromatic rings. The maximum Gasteiger partial charge on any atom is 0.194 e. The monoisotopic (exact) mass is 366 g/mol. The zero-order chi connectivity index (χ0) is 19.1. The molecule has 27 heavy (non-hydrogen) atoms. The van der Waals surface area contributed by atoms with Gasteiger partial charge in [0, 0.05) is 45.3 Å². The Morgan fingerprint density at radius 2 is 2.00 bits per heavy atom. The average Bonchev–Trinajstić information content (AvgIpc) is 3.11. The molecule has 1 saturated heterocycles. The van der Waals surface area contributed by atoms with Crippen molar-refractivity contribution in [3.63, 3.8) is 0 Å². The summed E-state index contributed by atoms with van der Waals surface area (Å²) in [5.74, 6) is 1.80. The van der Waals surface area contributed by atoms with Crippen molar-refractivity contribution < 1.29 is 4.52 Å². The predicted molar refractivity (Wildman–Crippen MR) is 104 cm³/mol. The van der Waals surface area contributed by atoms with Gasteiger partial charge in [0.05, 0.1) is 23.9 Å². The summed E-state index contributed by atoms with van der Waals surface area (Å²) in [4.78, 5) is 9.47. The third-order valence-electron chi connectivity index (χ3n) is 4.56. The Morgan fingerprint density at radius 1 is 1.26 bits per heavy atom. The molecule has 1 N–H and O–H groups in total. The first-order valence-electron chi connectivity index (χ1n) is 9.34. The number of aromatic nitrogens is 1. The van der Waals surface area contributed by atoms with Crippen molar-refractivity contribution in [3.8, 4) is 6.07 Å². The molecule has 0 bridgehead atoms. The van der Waals surface area contributed by atoms with Crippen molar-refractivity contribution >= 4 is 5.96 Å². The Bertz CT molecular complexity index is 797. The molecule has 1 aliphatic rings. The molecule has 1 fully saturated rings. The number of hydrogen-bond donors (Lipinski definition) is 1. The lowest BCUT2D eigenvalue weighted by molar-refractivity contribution is 0.169. The minimum Gasteiger partial charge on any atom is -0.361 e. The zero-order valence-corrected chi connectivity index (χ0v) is 16.0. The van der Waals surface area contributed by atoms with E-state index in [1.807, 2.05) is 37.3 Å². The normalized spacial score (nSPS) is 15.6. The number of hydrogen-bond acceptors (Lipinski definition) is 5. The van der Waals surface area contributed by atoms with E-state index >= 15 is 0 Å². The van der Waals surface area contributed by atoms with Crippen LogP contribution in [0.15, 0.2) is 39.8 Å². The van der Waals surface area contributed by atoms with E-state index in [9.17, 15) is 0 Å². The van der Waals surface area contributed by atoms with Gasteiger partial charge < -0.3 is 14.7 Å². The van der Waals surface area contributed by atoms with E-state index in [4.69, 9.17) is 14.8 Å². The first kappa shape index (κ1) is 18.9. The number of rotatable bonds is 5. The molecule has 1 aromatic carbocycles. The van der Waals surface area contributed by atoms with Crippen molar-refractivity contribution in [2.24, 2.45) is 4.99 Å². The molecule has 1 aromatic heterocycles. The fraction of sp³-hybridized carbons (Fsp3) is 0.450. The summed E-state index contributed by atoms with van der Waals surface area (Å²) in [5.41, 5.74) is 2.76. The summed E-state index contributed by atoms with van der Waals surface area (Å²) in [5, 5.41) is 16.4. The van der Waals surface area contributed by atoms with Gasteiger partial charge in [-0.15, -0.1) is 0 Å². The Kier molecular flexibility index (Phi) is 6.44. The topological polar surface area (TPSA) is 80.7 Å². The van der Waals surface area contributed by atoms with Crippen LogP contribution < -0.4 is 5.32 Å². The first-order chi connectivity index (χ1) is 13.2. The summed E-state index contributed by atoms with van der Waals surface area (Å²) in [7, 11) is 0. The van der Waals surface area contributed by atoms with Gasteiger partial charge in [-0.25, -0.2) is 4.99 Å². The molecular formula is C20H26N6O. The van der Waals surface area contributed by atoms with E-state index in [2.05, 4.69) is 33.3 Å². The van der Waals surface area contributed by atoms with Gasteiger partial charge in [0.1, 0.15) is 5.76 Å². The second-order valence-corrected chi connectivity index (χ2v) is 6.67. The molecule has 0 saturated carbocycles. The van der Waals surface area contributed by atoms with E-state index in [1.54, 1.807) is 0 Å². The van der Waals surface area contributed by atoms with Crippen LogP contribution in [0.3, 0.4) is 0 Å². The van der Waals surface area contributed by atoms with Crippen molar-refractivity contribution in [1.29, 1.82) is 5.26 Å². The fourth-order valence-corrected chi connectivity index (χ4v) is 3.12. The predicted octanol–water partition coefficient (Wildman–Crippen LogP) is 2.14. The number of benzene rings is 1. The van der Waals surface area contributed by atoms with Crippen LogP contribution in [0.5, 0.6) is 0 Å². The molecule has 2 heterocycles. The molecule has 0 unspecified atom stereocenters. The van der Waals surface area contributed by atoms with Gasteiger partial charge in [0.25, 0.3) is 0 Å². The summed E-state index contributed by atoms with van der Waals surface area (Å²) in [6.45, 7) is 10.1. The van der Waals surface area contributed by atoms with Crippen LogP contribution >= 0.6 is 0 Å². The van der Waals surface area contributed by atoms with Crippen LogP contribution in [0, 0.1) is 18.3 Å². The molecule has 0 amide bonds. The number of aliphatic imine (C=N–C) groups is 1. The van der Waals surface area contributed by atoms with Gasteiger partial charge in [0.2, 0.25) is 0 Å². The van der Waals surface area contributed by atoms with E-state index < -0.39 is 0 Å². The SMILES string of the molecule is CCNC(=NCc1ccc(C#N)cc1)N1CCN(Cc2cc(C)on2)CC1. The molecule has 7 heteroatoms. The Labute approximate surface area is 160 Å². The van der Waals surface area contributed by atoms with Crippen LogP contribution in [-0.4, -0.2) is 53.6 Å². The highest BCUT2D eigenvalue weighted by molar-refractivity contribution is 5.80. The molecule has 0 radical (unpaired) electrons. The van der Waals surface area contributed by atoms with Crippen molar-refractivity contribution in [2.75, 3.05) is 32.7 Å². The second kappa shape index (κ2) is 9.19. The number of nitrogens with zero attached hydrogens (tertiary/aromatic N) is 5. The van der Waals surface area contributed by atoms with Gasteiger partial charge in [-0.2, -0.15) is 5.26 Å². The lowest BCUT2D eigenvalue weighted by Gasteiger charge is -2.36. The third-order valence-corrected chi connectivity index (χ3v) is 4.56. The first-order valence-corrected chi connectivity index (χ1v) is 9.34. The highest BCUT2D eigenvalue weighted by Gasteiger charge is 2.20. The lowest BCUT2D eigenvalue weighted by Crippen LogP contribution is -2.52. The molecule has 0 aliphatic carbocycles. The summed E-state index contributed by atoms with van der Waals surface area (Å²) in [6.07, 6.45) is 0. The minimum atomic E-state index is 0.604. The maximum atomic E-state index is 8.90.